The van der Waals surface area contributed by atoms with Crippen LogP contribution in [0.3, 0.4) is 0 Å². The summed E-state index contributed by atoms with van der Waals surface area (Å²) in [6.07, 6.45) is 3.65. The molecule has 0 spiro atoms. The van der Waals surface area contributed by atoms with Crippen molar-refractivity contribution in [2.24, 2.45) is 0 Å². The fourth-order valence-electron chi connectivity index (χ4n) is 3.92. The van der Waals surface area contributed by atoms with Crippen LogP contribution in [0, 0.1) is 20.8 Å². The zero-order valence-electron chi connectivity index (χ0n) is 19.0. The molecule has 6 heteroatoms. The summed E-state index contributed by atoms with van der Waals surface area (Å²) >= 11 is 0. The first-order valence-electron chi connectivity index (χ1n) is 11.0. The van der Waals surface area contributed by atoms with Crippen LogP contribution in [0.5, 0.6) is 0 Å². The van der Waals surface area contributed by atoms with Gasteiger partial charge in [-0.3, -0.25) is 4.68 Å². The Morgan fingerprint density at radius 3 is 2.39 bits per heavy atom. The molecular formula is C27H26N6. The monoisotopic (exact) mass is 434 g/mol. The Morgan fingerprint density at radius 1 is 0.818 bits per heavy atom. The van der Waals surface area contributed by atoms with E-state index in [4.69, 9.17) is 0 Å². The molecule has 0 radical (unpaired) electrons. The topological polar surface area (TPSA) is 67.7 Å². The third kappa shape index (κ3) is 4.55. The highest BCUT2D eigenvalue weighted by atomic mass is 15.3. The highest BCUT2D eigenvalue weighted by Gasteiger charge is 2.07. The molecule has 6 nitrogen and oxygen atoms in total. The van der Waals surface area contributed by atoms with Crippen molar-refractivity contribution < 1.29 is 0 Å². The van der Waals surface area contributed by atoms with Gasteiger partial charge in [-0.25, -0.2) is 4.98 Å². The van der Waals surface area contributed by atoms with Gasteiger partial charge in [0.05, 0.1) is 18.3 Å². The van der Waals surface area contributed by atoms with Gasteiger partial charge in [0.25, 0.3) is 0 Å². The van der Waals surface area contributed by atoms with Gasteiger partial charge < -0.3 is 10.6 Å². The molecule has 2 heterocycles. The van der Waals surface area contributed by atoms with Gasteiger partial charge in [-0.05, 0) is 79.4 Å². The molecule has 2 N–H and O–H groups in total. The number of aryl methyl sites for hydroxylation is 2. The average Bonchev–Trinajstić information content (AvgIpc) is 3.20. The van der Waals surface area contributed by atoms with Gasteiger partial charge in [-0.2, -0.15) is 10.1 Å². The van der Waals surface area contributed by atoms with Crippen LogP contribution in [0.4, 0.5) is 23.1 Å². The first kappa shape index (κ1) is 20.7. The molecule has 0 saturated heterocycles. The Bertz CT molecular complexity index is 1400. The highest BCUT2D eigenvalue weighted by molar-refractivity contribution is 5.83. The summed E-state index contributed by atoms with van der Waals surface area (Å²) in [5.41, 5.74) is 8.07. The molecule has 0 aliphatic rings. The van der Waals surface area contributed by atoms with E-state index in [2.05, 4.69) is 82.9 Å². The molecule has 0 unspecified atom stereocenters. The van der Waals surface area contributed by atoms with Crippen molar-refractivity contribution in [1.29, 1.82) is 0 Å². The molecular weight excluding hydrogens is 408 g/mol. The number of benzene rings is 3. The van der Waals surface area contributed by atoms with E-state index in [1.807, 2.05) is 41.2 Å². The maximum absolute atomic E-state index is 4.63. The molecule has 0 fully saturated rings. The van der Waals surface area contributed by atoms with Crippen molar-refractivity contribution in [2.45, 2.75) is 27.3 Å². The lowest BCUT2D eigenvalue weighted by atomic mass is 10.0. The molecule has 5 aromatic rings. The second-order valence-electron chi connectivity index (χ2n) is 8.31. The third-order valence-corrected chi connectivity index (χ3v) is 5.93. The van der Waals surface area contributed by atoms with Crippen LogP contribution in [0.1, 0.15) is 22.3 Å². The van der Waals surface area contributed by atoms with Crippen LogP contribution in [0.2, 0.25) is 0 Å². The number of hydrogen-bond acceptors (Lipinski definition) is 5. The minimum absolute atomic E-state index is 0.539. The van der Waals surface area contributed by atoms with E-state index in [1.165, 1.54) is 22.3 Å². The summed E-state index contributed by atoms with van der Waals surface area (Å²) in [5.74, 6) is 1.28. The maximum atomic E-state index is 4.63. The molecule has 0 aliphatic carbocycles. The molecule has 0 aliphatic heterocycles. The average molecular weight is 435 g/mol. The lowest BCUT2D eigenvalue weighted by molar-refractivity contribution is 0.712. The summed E-state index contributed by atoms with van der Waals surface area (Å²) in [7, 11) is 0. The van der Waals surface area contributed by atoms with E-state index in [9.17, 15) is 0 Å². The van der Waals surface area contributed by atoms with Gasteiger partial charge >= 0.3 is 0 Å². The van der Waals surface area contributed by atoms with Gasteiger partial charge in [0, 0.05) is 23.0 Å². The first-order valence-corrected chi connectivity index (χ1v) is 11.0. The van der Waals surface area contributed by atoms with E-state index in [-0.39, 0.29) is 0 Å². The number of fused-ring (bicyclic) bond motifs is 1. The quantitative estimate of drug-likeness (QED) is 0.329. The Labute approximate surface area is 193 Å². The van der Waals surface area contributed by atoms with E-state index in [1.54, 1.807) is 6.20 Å². The third-order valence-electron chi connectivity index (χ3n) is 5.93. The largest absolute Gasteiger partial charge is 0.340 e. The van der Waals surface area contributed by atoms with Crippen LogP contribution in [0.15, 0.2) is 79.1 Å². The Kier molecular flexibility index (Phi) is 5.48. The van der Waals surface area contributed by atoms with Crippen LogP contribution in [-0.2, 0) is 6.54 Å². The molecule has 0 bridgehead atoms. The number of anilines is 4. The maximum Gasteiger partial charge on any atom is 0.229 e. The summed E-state index contributed by atoms with van der Waals surface area (Å²) < 4.78 is 2.01. The number of aromatic nitrogens is 4. The Morgan fingerprint density at radius 2 is 1.61 bits per heavy atom. The van der Waals surface area contributed by atoms with E-state index < -0.39 is 0 Å². The van der Waals surface area contributed by atoms with Crippen molar-refractivity contribution in [3.05, 3.63) is 101 Å². The fourth-order valence-corrected chi connectivity index (χ4v) is 3.92. The van der Waals surface area contributed by atoms with Gasteiger partial charge in [0.15, 0.2) is 0 Å². The van der Waals surface area contributed by atoms with Crippen LogP contribution >= 0.6 is 0 Å². The summed E-state index contributed by atoms with van der Waals surface area (Å²) in [6, 6.07) is 22.7. The van der Waals surface area contributed by atoms with Crippen molar-refractivity contribution in [3.8, 4) is 0 Å². The molecule has 0 saturated carbocycles. The highest BCUT2D eigenvalue weighted by Crippen LogP contribution is 2.24. The van der Waals surface area contributed by atoms with Crippen LogP contribution in [0.25, 0.3) is 10.9 Å². The Hall–Kier alpha value is -4.19. The van der Waals surface area contributed by atoms with Gasteiger partial charge in [-0.1, -0.05) is 30.3 Å². The van der Waals surface area contributed by atoms with Crippen molar-refractivity contribution in [2.75, 3.05) is 10.6 Å². The summed E-state index contributed by atoms with van der Waals surface area (Å²) in [6.45, 7) is 7.13. The van der Waals surface area contributed by atoms with E-state index >= 15 is 0 Å². The lowest BCUT2D eigenvalue weighted by Gasteiger charge is -2.12. The number of rotatable bonds is 6. The van der Waals surface area contributed by atoms with Gasteiger partial charge in [-0.15, -0.1) is 0 Å². The van der Waals surface area contributed by atoms with Gasteiger partial charge in [0.2, 0.25) is 5.95 Å². The van der Waals surface area contributed by atoms with E-state index in [0.29, 0.717) is 5.95 Å². The van der Waals surface area contributed by atoms with Crippen LogP contribution < -0.4 is 10.6 Å². The van der Waals surface area contributed by atoms with E-state index in [0.717, 1.165) is 34.6 Å². The number of nitrogens with zero attached hydrogens (tertiary/aromatic N) is 4. The zero-order chi connectivity index (χ0) is 22.8. The molecule has 0 amide bonds. The van der Waals surface area contributed by atoms with Crippen LogP contribution in [-0.4, -0.2) is 19.7 Å². The molecule has 0 atom stereocenters. The molecule has 2 aromatic heterocycles. The summed E-state index contributed by atoms with van der Waals surface area (Å²) in [4.78, 5) is 9.02. The number of hydrogen-bond donors (Lipinski definition) is 2. The second-order valence-corrected chi connectivity index (χ2v) is 8.31. The molecule has 5 rings (SSSR count). The van der Waals surface area contributed by atoms with Gasteiger partial charge in [0.1, 0.15) is 5.82 Å². The molecule has 33 heavy (non-hydrogen) atoms. The predicted octanol–water partition coefficient (Wildman–Crippen LogP) is 6.29. The van der Waals surface area contributed by atoms with Crippen molar-refractivity contribution in [1.82, 2.24) is 19.7 Å². The standard InChI is InChI=1S/C27H26N6/c1-18-13-24(14-19(2)20(18)3)30-26-11-12-28-27(32-26)31-23-9-10-25-22(15-23)16-29-33(25)17-21-7-5-4-6-8-21/h4-16H,17H2,1-3H3,(H2,28,30,31,32). The molecule has 3 aromatic carbocycles. The normalized spacial score (nSPS) is 11.0. The smallest absolute Gasteiger partial charge is 0.229 e. The minimum Gasteiger partial charge on any atom is -0.340 e. The van der Waals surface area contributed by atoms with Crippen molar-refractivity contribution in [3.63, 3.8) is 0 Å². The summed E-state index contributed by atoms with van der Waals surface area (Å²) in [5, 5.41) is 12.3. The lowest BCUT2D eigenvalue weighted by Crippen LogP contribution is -2.02. The Balaban J connectivity index is 1.33. The predicted molar refractivity (Wildman–Crippen MR) is 135 cm³/mol. The zero-order valence-corrected chi connectivity index (χ0v) is 19.0. The second kappa shape index (κ2) is 8.74. The van der Waals surface area contributed by atoms with Crippen molar-refractivity contribution >= 4 is 34.0 Å². The molecule has 164 valence electrons. The minimum atomic E-state index is 0.539. The number of nitrogens with one attached hydrogen (secondary N) is 2. The fraction of sp³-hybridized carbons (Fsp3) is 0.148. The first-order chi connectivity index (χ1) is 16.0. The SMILES string of the molecule is Cc1cc(Nc2ccnc(Nc3ccc4c(cnn4Cc4ccccc4)c3)n2)cc(C)c1C.